The third-order valence-corrected chi connectivity index (χ3v) is 3.77. The van der Waals surface area contributed by atoms with Crippen molar-refractivity contribution >= 4 is 28.5 Å². The van der Waals surface area contributed by atoms with Gasteiger partial charge in [0.2, 0.25) is 5.95 Å². The quantitative estimate of drug-likeness (QED) is 0.707. The first-order valence-corrected chi connectivity index (χ1v) is 8.12. The van der Waals surface area contributed by atoms with Crippen LogP contribution in [0.1, 0.15) is 19.4 Å². The number of fused-ring (bicyclic) bond motifs is 1. The maximum atomic E-state index is 13.0. The van der Waals surface area contributed by atoms with Crippen molar-refractivity contribution in [3.8, 4) is 0 Å². The molecular formula is C17H19F3N6. The first kappa shape index (κ1) is 18.0. The second-order valence-corrected chi connectivity index (χ2v) is 6.29. The van der Waals surface area contributed by atoms with Gasteiger partial charge in [0.15, 0.2) is 0 Å². The Hall–Kier alpha value is -2.84. The highest BCUT2D eigenvalue weighted by Gasteiger charge is 2.35. The molecule has 0 unspecified atom stereocenters. The van der Waals surface area contributed by atoms with E-state index in [2.05, 4.69) is 39.4 Å². The van der Waals surface area contributed by atoms with Gasteiger partial charge in [0.05, 0.1) is 5.69 Å². The molecule has 0 saturated carbocycles. The molecule has 0 aromatic carbocycles. The van der Waals surface area contributed by atoms with Crippen molar-refractivity contribution in [1.29, 1.82) is 0 Å². The van der Waals surface area contributed by atoms with Crippen molar-refractivity contribution in [3.05, 3.63) is 36.3 Å². The van der Waals surface area contributed by atoms with Crippen molar-refractivity contribution in [1.82, 2.24) is 19.5 Å². The van der Waals surface area contributed by atoms with E-state index < -0.39 is 11.7 Å². The molecule has 0 amide bonds. The lowest BCUT2D eigenvalue weighted by Gasteiger charge is -2.12. The summed E-state index contributed by atoms with van der Waals surface area (Å²) in [6.07, 6.45) is -0.171. The number of hydrogen-bond donors (Lipinski definition) is 2. The molecule has 3 aromatic rings. The lowest BCUT2D eigenvalue weighted by molar-refractivity contribution is -0.137. The van der Waals surface area contributed by atoms with E-state index in [1.54, 1.807) is 12.3 Å². The Morgan fingerprint density at radius 1 is 1.23 bits per heavy atom. The van der Waals surface area contributed by atoms with Gasteiger partial charge in [-0.05, 0) is 18.1 Å². The highest BCUT2D eigenvalue weighted by atomic mass is 19.4. The number of aromatic nitrogens is 4. The zero-order valence-electron chi connectivity index (χ0n) is 14.6. The summed E-state index contributed by atoms with van der Waals surface area (Å²) in [6, 6.07) is 3.70. The van der Waals surface area contributed by atoms with Gasteiger partial charge in [-0.15, -0.1) is 0 Å². The molecule has 0 aliphatic carbocycles. The summed E-state index contributed by atoms with van der Waals surface area (Å²) in [6.45, 7) is 4.96. The number of halogens is 3. The van der Waals surface area contributed by atoms with E-state index in [0.717, 1.165) is 23.8 Å². The van der Waals surface area contributed by atoms with E-state index in [9.17, 15) is 13.2 Å². The molecule has 3 rings (SSSR count). The number of pyridine rings is 1. The summed E-state index contributed by atoms with van der Waals surface area (Å²) in [5.74, 6) is 0.215. The Morgan fingerprint density at radius 2 is 2.00 bits per heavy atom. The number of alkyl halides is 3. The predicted octanol–water partition coefficient (Wildman–Crippen LogP) is 4.29. The van der Waals surface area contributed by atoms with Gasteiger partial charge >= 0.3 is 6.18 Å². The van der Waals surface area contributed by atoms with Crippen LogP contribution in [-0.2, 0) is 12.7 Å². The average Bonchev–Trinajstić information content (AvgIpc) is 2.91. The summed E-state index contributed by atoms with van der Waals surface area (Å²) in [5, 5.41) is 6.32. The summed E-state index contributed by atoms with van der Waals surface area (Å²) < 4.78 is 40.9. The number of nitrogens with one attached hydrogen (secondary N) is 2. The smallest absolute Gasteiger partial charge is 0.372 e. The second kappa shape index (κ2) is 6.81. The standard InChI is InChI=1S/C17H19F3N6/c1-10(2)8-26-9-13(11-5-4-6-22-15(11)26)24-16-23-7-12(17(18,19)20)14(21-3)25-16/h4-7,9-10H,8H2,1-3H3,(H2,21,23,24,25). The number of anilines is 3. The van der Waals surface area contributed by atoms with Crippen LogP contribution in [0, 0.1) is 5.92 Å². The Morgan fingerprint density at radius 3 is 2.65 bits per heavy atom. The zero-order chi connectivity index (χ0) is 18.9. The maximum absolute atomic E-state index is 13.0. The first-order valence-electron chi connectivity index (χ1n) is 8.12. The SMILES string of the molecule is CNc1nc(Nc2cn(CC(C)C)c3ncccc23)ncc1C(F)(F)F. The van der Waals surface area contributed by atoms with Crippen molar-refractivity contribution in [3.63, 3.8) is 0 Å². The van der Waals surface area contributed by atoms with Gasteiger partial charge in [0.25, 0.3) is 0 Å². The van der Waals surface area contributed by atoms with Crippen LogP contribution in [0.3, 0.4) is 0 Å². The van der Waals surface area contributed by atoms with Crippen LogP contribution in [0.5, 0.6) is 0 Å². The highest BCUT2D eigenvalue weighted by molar-refractivity contribution is 5.91. The van der Waals surface area contributed by atoms with Gasteiger partial charge in [-0.25, -0.2) is 9.97 Å². The van der Waals surface area contributed by atoms with Gasteiger partial charge < -0.3 is 15.2 Å². The van der Waals surface area contributed by atoms with Crippen LogP contribution < -0.4 is 10.6 Å². The summed E-state index contributed by atoms with van der Waals surface area (Å²) >= 11 is 0. The third-order valence-electron chi connectivity index (χ3n) is 3.77. The summed E-state index contributed by atoms with van der Waals surface area (Å²) in [7, 11) is 1.39. The molecule has 0 spiro atoms. The van der Waals surface area contributed by atoms with Gasteiger partial charge in [-0.1, -0.05) is 13.8 Å². The lowest BCUT2D eigenvalue weighted by Crippen LogP contribution is -2.12. The molecule has 0 bridgehead atoms. The molecule has 0 atom stereocenters. The summed E-state index contributed by atoms with van der Waals surface area (Å²) in [5.41, 5.74) is 0.578. The van der Waals surface area contributed by atoms with Gasteiger partial charge in [-0.2, -0.15) is 18.2 Å². The van der Waals surface area contributed by atoms with Crippen LogP contribution in [-0.4, -0.2) is 26.6 Å². The second-order valence-electron chi connectivity index (χ2n) is 6.29. The molecule has 26 heavy (non-hydrogen) atoms. The van der Waals surface area contributed by atoms with E-state index in [4.69, 9.17) is 0 Å². The fourth-order valence-corrected chi connectivity index (χ4v) is 2.72. The molecule has 6 nitrogen and oxygen atoms in total. The molecule has 9 heteroatoms. The van der Waals surface area contributed by atoms with Crippen molar-refractivity contribution in [2.24, 2.45) is 5.92 Å². The number of rotatable bonds is 5. The van der Waals surface area contributed by atoms with Gasteiger partial charge in [0, 0.05) is 37.6 Å². The van der Waals surface area contributed by atoms with E-state index in [0.29, 0.717) is 11.6 Å². The molecule has 3 heterocycles. The molecule has 2 N–H and O–H groups in total. The lowest BCUT2D eigenvalue weighted by atomic mass is 10.2. The van der Waals surface area contributed by atoms with Crippen LogP contribution in [0.4, 0.5) is 30.6 Å². The highest BCUT2D eigenvalue weighted by Crippen LogP contribution is 2.34. The molecule has 0 saturated heterocycles. The van der Waals surface area contributed by atoms with Crippen LogP contribution in [0.2, 0.25) is 0 Å². The number of nitrogens with zero attached hydrogens (tertiary/aromatic N) is 4. The first-order chi connectivity index (χ1) is 12.3. The van der Waals surface area contributed by atoms with Gasteiger partial charge in [-0.3, -0.25) is 0 Å². The zero-order valence-corrected chi connectivity index (χ0v) is 14.6. The molecule has 138 valence electrons. The summed E-state index contributed by atoms with van der Waals surface area (Å²) in [4.78, 5) is 12.2. The van der Waals surface area contributed by atoms with E-state index >= 15 is 0 Å². The fraction of sp³-hybridized carbons (Fsp3) is 0.353. The minimum atomic E-state index is -4.52. The Labute approximate surface area is 148 Å². The van der Waals surface area contributed by atoms with Crippen molar-refractivity contribution in [2.75, 3.05) is 17.7 Å². The minimum absolute atomic E-state index is 0.0785. The molecule has 0 fully saturated rings. The fourth-order valence-electron chi connectivity index (χ4n) is 2.72. The van der Waals surface area contributed by atoms with Crippen LogP contribution in [0.15, 0.2) is 30.7 Å². The molecule has 0 aliphatic heterocycles. The topological polar surface area (TPSA) is 67.7 Å². The third kappa shape index (κ3) is 3.56. The molecule has 3 aromatic heterocycles. The van der Waals surface area contributed by atoms with Crippen molar-refractivity contribution in [2.45, 2.75) is 26.6 Å². The average molecular weight is 364 g/mol. The number of hydrogen-bond acceptors (Lipinski definition) is 5. The van der Waals surface area contributed by atoms with Crippen molar-refractivity contribution < 1.29 is 13.2 Å². The Bertz CT molecular complexity index is 916. The molecular weight excluding hydrogens is 345 g/mol. The maximum Gasteiger partial charge on any atom is 0.421 e. The van der Waals surface area contributed by atoms with Crippen LogP contribution in [0.25, 0.3) is 11.0 Å². The van der Waals surface area contributed by atoms with E-state index in [1.807, 2.05) is 16.8 Å². The minimum Gasteiger partial charge on any atom is -0.372 e. The Balaban J connectivity index is 1.99. The van der Waals surface area contributed by atoms with E-state index in [1.165, 1.54) is 7.05 Å². The van der Waals surface area contributed by atoms with Gasteiger partial charge in [0.1, 0.15) is 17.0 Å². The van der Waals surface area contributed by atoms with E-state index in [-0.39, 0.29) is 11.8 Å². The molecule has 0 radical (unpaired) electrons. The monoisotopic (exact) mass is 364 g/mol. The Kier molecular flexibility index (Phi) is 4.71. The molecule has 0 aliphatic rings. The largest absolute Gasteiger partial charge is 0.421 e. The van der Waals surface area contributed by atoms with Crippen LogP contribution >= 0.6 is 0 Å². The predicted molar refractivity (Wildman–Crippen MR) is 94.4 cm³/mol. The normalized spacial score (nSPS) is 12.0.